The fourth-order valence-corrected chi connectivity index (χ4v) is 1.70. The molecule has 0 aliphatic rings. The highest BCUT2D eigenvalue weighted by atomic mass is 16.5. The van der Waals surface area contributed by atoms with Gasteiger partial charge in [0, 0.05) is 0 Å². The zero-order valence-electron chi connectivity index (χ0n) is 9.75. The maximum atomic E-state index is 5.31. The van der Waals surface area contributed by atoms with Gasteiger partial charge in [0.25, 0.3) is 0 Å². The Labute approximate surface area is 92.6 Å². The maximum absolute atomic E-state index is 5.31. The van der Waals surface area contributed by atoms with Crippen molar-refractivity contribution in [2.24, 2.45) is 0 Å². The first-order chi connectivity index (χ1) is 7.38. The normalized spacial score (nSPS) is 10.3. The molecule has 0 atom stereocenters. The van der Waals surface area contributed by atoms with Crippen molar-refractivity contribution in [3.8, 4) is 5.75 Å². The van der Waals surface area contributed by atoms with Gasteiger partial charge in [-0.25, -0.2) is 0 Å². The fourth-order valence-electron chi connectivity index (χ4n) is 1.70. The molecule has 0 amide bonds. The van der Waals surface area contributed by atoms with Crippen LogP contribution in [-0.2, 0) is 6.42 Å². The van der Waals surface area contributed by atoms with Crippen LogP contribution in [0.1, 0.15) is 24.8 Å². The summed E-state index contributed by atoms with van der Waals surface area (Å²) in [5.74, 6) is 1.02. The largest absolute Gasteiger partial charge is 0.496 e. The quantitative estimate of drug-likeness (QED) is 0.694. The van der Waals surface area contributed by atoms with E-state index in [1.54, 1.807) is 7.11 Å². The van der Waals surface area contributed by atoms with E-state index in [2.05, 4.69) is 17.4 Å². The summed E-state index contributed by atoms with van der Waals surface area (Å²) < 4.78 is 5.31. The number of unbranched alkanes of at least 4 members (excludes halogenated alkanes) is 2. The third kappa shape index (κ3) is 4.34. The van der Waals surface area contributed by atoms with Gasteiger partial charge in [0.05, 0.1) is 7.11 Å². The Balaban J connectivity index is 2.30. The predicted molar refractivity (Wildman–Crippen MR) is 64.5 cm³/mol. The summed E-state index contributed by atoms with van der Waals surface area (Å²) in [6, 6.07) is 8.27. The smallest absolute Gasteiger partial charge is 0.122 e. The number of para-hydroxylation sites is 1. The Bertz CT molecular complexity index is 273. The third-order valence-corrected chi connectivity index (χ3v) is 2.57. The van der Waals surface area contributed by atoms with Crippen molar-refractivity contribution in [1.29, 1.82) is 0 Å². The van der Waals surface area contributed by atoms with E-state index in [1.807, 2.05) is 19.2 Å². The summed E-state index contributed by atoms with van der Waals surface area (Å²) in [7, 11) is 3.74. The summed E-state index contributed by atoms with van der Waals surface area (Å²) in [6.45, 7) is 1.12. The van der Waals surface area contributed by atoms with E-state index < -0.39 is 0 Å². The van der Waals surface area contributed by atoms with Crippen LogP contribution in [0.3, 0.4) is 0 Å². The number of hydrogen-bond acceptors (Lipinski definition) is 2. The highest BCUT2D eigenvalue weighted by molar-refractivity contribution is 5.33. The molecule has 0 unspecified atom stereocenters. The highest BCUT2D eigenvalue weighted by Gasteiger charge is 2.00. The monoisotopic (exact) mass is 207 g/mol. The zero-order chi connectivity index (χ0) is 10.9. The number of benzene rings is 1. The Morgan fingerprint density at radius 2 is 1.93 bits per heavy atom. The van der Waals surface area contributed by atoms with Crippen LogP contribution in [0.25, 0.3) is 0 Å². The Hall–Kier alpha value is -1.02. The van der Waals surface area contributed by atoms with Gasteiger partial charge in [-0.15, -0.1) is 0 Å². The van der Waals surface area contributed by atoms with Crippen LogP contribution in [0, 0.1) is 0 Å². The molecule has 0 fully saturated rings. The first-order valence-corrected chi connectivity index (χ1v) is 5.65. The average molecular weight is 207 g/mol. The third-order valence-electron chi connectivity index (χ3n) is 2.57. The number of hydrogen-bond donors (Lipinski definition) is 1. The molecule has 1 N–H and O–H groups in total. The topological polar surface area (TPSA) is 21.3 Å². The fraction of sp³-hybridized carbons (Fsp3) is 0.538. The molecule has 2 heteroatoms. The maximum Gasteiger partial charge on any atom is 0.122 e. The number of rotatable bonds is 7. The van der Waals surface area contributed by atoms with Gasteiger partial charge in [-0.05, 0) is 44.5 Å². The van der Waals surface area contributed by atoms with Crippen LogP contribution in [-0.4, -0.2) is 20.7 Å². The number of nitrogens with one attached hydrogen (secondary N) is 1. The van der Waals surface area contributed by atoms with Crippen LogP contribution in [0.4, 0.5) is 0 Å². The lowest BCUT2D eigenvalue weighted by Crippen LogP contribution is -2.07. The highest BCUT2D eigenvalue weighted by Crippen LogP contribution is 2.19. The summed E-state index contributed by atoms with van der Waals surface area (Å²) in [4.78, 5) is 0. The lowest BCUT2D eigenvalue weighted by Gasteiger charge is -2.07. The molecule has 0 saturated heterocycles. The lowest BCUT2D eigenvalue weighted by molar-refractivity contribution is 0.408. The van der Waals surface area contributed by atoms with E-state index in [4.69, 9.17) is 4.74 Å². The molecule has 0 aliphatic carbocycles. The molecule has 0 heterocycles. The molecule has 84 valence electrons. The minimum atomic E-state index is 1.02. The van der Waals surface area contributed by atoms with Gasteiger partial charge in [0.2, 0.25) is 0 Å². The van der Waals surface area contributed by atoms with Gasteiger partial charge < -0.3 is 10.1 Å². The number of ether oxygens (including phenoxy) is 1. The van der Waals surface area contributed by atoms with E-state index in [0.29, 0.717) is 0 Å². The van der Waals surface area contributed by atoms with Crippen molar-refractivity contribution >= 4 is 0 Å². The summed E-state index contributed by atoms with van der Waals surface area (Å²) in [6.07, 6.45) is 4.89. The molecule has 0 aromatic heterocycles. The predicted octanol–water partition coefficient (Wildman–Crippen LogP) is 2.63. The molecule has 1 aromatic rings. The van der Waals surface area contributed by atoms with Crippen molar-refractivity contribution in [3.63, 3.8) is 0 Å². The van der Waals surface area contributed by atoms with Crippen molar-refractivity contribution in [2.75, 3.05) is 20.7 Å². The van der Waals surface area contributed by atoms with Gasteiger partial charge in [-0.3, -0.25) is 0 Å². The van der Waals surface area contributed by atoms with Crippen LogP contribution in [0.2, 0.25) is 0 Å². The Kier molecular flexibility index (Phi) is 5.86. The molecule has 2 nitrogen and oxygen atoms in total. The number of methoxy groups -OCH3 is 1. The molecular weight excluding hydrogens is 186 g/mol. The van der Waals surface area contributed by atoms with E-state index in [0.717, 1.165) is 18.7 Å². The second-order valence-electron chi connectivity index (χ2n) is 3.73. The Morgan fingerprint density at radius 3 is 2.67 bits per heavy atom. The zero-order valence-corrected chi connectivity index (χ0v) is 9.75. The van der Waals surface area contributed by atoms with Gasteiger partial charge in [-0.2, -0.15) is 0 Å². The Morgan fingerprint density at radius 1 is 1.13 bits per heavy atom. The van der Waals surface area contributed by atoms with Crippen molar-refractivity contribution < 1.29 is 4.74 Å². The lowest BCUT2D eigenvalue weighted by atomic mass is 10.1. The van der Waals surface area contributed by atoms with Crippen molar-refractivity contribution in [3.05, 3.63) is 29.8 Å². The van der Waals surface area contributed by atoms with E-state index in [-0.39, 0.29) is 0 Å². The van der Waals surface area contributed by atoms with Crippen LogP contribution >= 0.6 is 0 Å². The van der Waals surface area contributed by atoms with Crippen LogP contribution < -0.4 is 10.1 Å². The molecular formula is C13H21NO. The molecule has 1 rings (SSSR count). The van der Waals surface area contributed by atoms with E-state index >= 15 is 0 Å². The molecule has 0 aliphatic heterocycles. The summed E-state index contributed by atoms with van der Waals surface area (Å²) in [5, 5.41) is 3.16. The van der Waals surface area contributed by atoms with E-state index in [9.17, 15) is 0 Å². The van der Waals surface area contributed by atoms with Gasteiger partial charge in [-0.1, -0.05) is 24.6 Å². The molecule has 0 radical (unpaired) electrons. The second kappa shape index (κ2) is 7.30. The molecule has 0 bridgehead atoms. The van der Waals surface area contributed by atoms with Crippen molar-refractivity contribution in [1.82, 2.24) is 5.32 Å². The molecule has 1 aromatic carbocycles. The van der Waals surface area contributed by atoms with E-state index in [1.165, 1.54) is 24.8 Å². The minimum Gasteiger partial charge on any atom is -0.496 e. The first kappa shape index (κ1) is 12.1. The van der Waals surface area contributed by atoms with Gasteiger partial charge in [0.1, 0.15) is 5.75 Å². The molecule has 15 heavy (non-hydrogen) atoms. The van der Waals surface area contributed by atoms with Crippen LogP contribution in [0.15, 0.2) is 24.3 Å². The minimum absolute atomic E-state index is 1.02. The van der Waals surface area contributed by atoms with Gasteiger partial charge >= 0.3 is 0 Å². The number of aryl methyl sites for hydroxylation is 1. The summed E-state index contributed by atoms with van der Waals surface area (Å²) in [5.41, 5.74) is 1.32. The second-order valence-corrected chi connectivity index (χ2v) is 3.73. The van der Waals surface area contributed by atoms with Crippen LogP contribution in [0.5, 0.6) is 5.75 Å². The first-order valence-electron chi connectivity index (χ1n) is 5.65. The van der Waals surface area contributed by atoms with Crippen molar-refractivity contribution in [2.45, 2.75) is 25.7 Å². The molecule has 0 saturated carbocycles. The average Bonchev–Trinajstić information content (AvgIpc) is 2.29. The summed E-state index contributed by atoms with van der Waals surface area (Å²) >= 11 is 0. The molecule has 0 spiro atoms. The van der Waals surface area contributed by atoms with Gasteiger partial charge in [0.15, 0.2) is 0 Å². The SMILES string of the molecule is CNCCCCCc1ccccc1OC. The standard InChI is InChI=1S/C13H21NO/c1-14-11-7-3-4-8-12-9-5-6-10-13(12)15-2/h5-6,9-10,14H,3-4,7-8,11H2,1-2H3.